The third kappa shape index (κ3) is 2.01. The van der Waals surface area contributed by atoms with Gasteiger partial charge in [-0.25, -0.2) is 4.98 Å². The number of imidazole rings is 1. The molecule has 1 aliphatic heterocycles. The van der Waals surface area contributed by atoms with E-state index in [9.17, 15) is 4.79 Å². The van der Waals surface area contributed by atoms with Crippen molar-refractivity contribution in [2.24, 2.45) is 7.05 Å². The van der Waals surface area contributed by atoms with E-state index in [4.69, 9.17) is 11.6 Å². The Morgan fingerprint density at radius 2 is 2.18 bits per heavy atom. The molecule has 1 amide bonds. The van der Waals surface area contributed by atoms with Crippen LogP contribution in [-0.2, 0) is 20.0 Å². The number of nitrogens with zero attached hydrogens (tertiary/aromatic N) is 3. The molecule has 0 atom stereocenters. The average molecular weight is 315 g/mol. The zero-order chi connectivity index (χ0) is 15.3. The molecule has 3 heterocycles. The highest BCUT2D eigenvalue weighted by Gasteiger charge is 2.26. The molecule has 4 rings (SSSR count). The molecule has 0 spiro atoms. The zero-order valence-corrected chi connectivity index (χ0v) is 12.9. The number of H-pyrrole nitrogens is 1. The van der Waals surface area contributed by atoms with E-state index in [2.05, 4.69) is 9.97 Å². The first kappa shape index (κ1) is 13.4. The monoisotopic (exact) mass is 314 g/mol. The Morgan fingerprint density at radius 3 is 3.00 bits per heavy atom. The van der Waals surface area contributed by atoms with Gasteiger partial charge in [-0.2, -0.15) is 0 Å². The normalized spacial score (nSPS) is 14.4. The van der Waals surface area contributed by atoms with Crippen LogP contribution >= 0.6 is 11.6 Å². The zero-order valence-electron chi connectivity index (χ0n) is 12.1. The van der Waals surface area contributed by atoms with Gasteiger partial charge >= 0.3 is 0 Å². The number of carbonyl (C=O) groups excluding carboxylic acids is 1. The van der Waals surface area contributed by atoms with Gasteiger partial charge in [0, 0.05) is 30.9 Å². The van der Waals surface area contributed by atoms with Crippen molar-refractivity contribution < 1.29 is 4.79 Å². The molecule has 0 saturated carbocycles. The lowest BCUT2D eigenvalue weighted by molar-refractivity contribution is 0.0725. The number of para-hydroxylation sites is 1. The van der Waals surface area contributed by atoms with Crippen LogP contribution in [0.25, 0.3) is 10.9 Å². The molecule has 5 nitrogen and oxygen atoms in total. The van der Waals surface area contributed by atoms with Gasteiger partial charge in [0.25, 0.3) is 5.91 Å². The smallest absolute Gasteiger partial charge is 0.270 e. The number of aromatic nitrogens is 3. The largest absolute Gasteiger partial charge is 0.351 e. The van der Waals surface area contributed by atoms with Crippen molar-refractivity contribution in [2.75, 3.05) is 6.54 Å². The van der Waals surface area contributed by atoms with E-state index in [0.29, 0.717) is 24.1 Å². The molecule has 1 aliphatic rings. The summed E-state index contributed by atoms with van der Waals surface area (Å²) in [5, 5.41) is 1.53. The van der Waals surface area contributed by atoms with Gasteiger partial charge < -0.3 is 14.5 Å². The summed E-state index contributed by atoms with van der Waals surface area (Å²) in [6, 6.07) is 9.80. The standard InChI is InChI=1S/C16H15ClN4O/c1-20-14-9-21(7-6-12(14)19-16(20)17)15(22)13-8-10-4-2-3-5-11(10)18-13/h2-5,8,18H,6-7,9H2,1H3. The number of nitrogens with one attached hydrogen (secondary N) is 1. The predicted octanol–water partition coefficient (Wildman–Crippen LogP) is 2.75. The quantitative estimate of drug-likeness (QED) is 0.751. The first-order chi connectivity index (χ1) is 10.6. The summed E-state index contributed by atoms with van der Waals surface area (Å²) in [5.41, 5.74) is 3.61. The van der Waals surface area contributed by atoms with Crippen molar-refractivity contribution in [1.29, 1.82) is 0 Å². The second kappa shape index (κ2) is 4.88. The van der Waals surface area contributed by atoms with E-state index in [-0.39, 0.29) is 5.91 Å². The highest BCUT2D eigenvalue weighted by molar-refractivity contribution is 6.28. The number of amides is 1. The number of benzene rings is 1. The lowest BCUT2D eigenvalue weighted by Crippen LogP contribution is -2.36. The van der Waals surface area contributed by atoms with Gasteiger partial charge in [0.05, 0.1) is 17.9 Å². The topological polar surface area (TPSA) is 53.9 Å². The van der Waals surface area contributed by atoms with Crippen molar-refractivity contribution in [1.82, 2.24) is 19.4 Å². The SMILES string of the molecule is Cn1c(Cl)nc2c1CN(C(=O)c1cc3ccccc3[nH]1)CC2. The number of hydrogen-bond acceptors (Lipinski definition) is 2. The molecule has 22 heavy (non-hydrogen) atoms. The minimum absolute atomic E-state index is 0.0131. The molecule has 1 aromatic carbocycles. The second-order valence-electron chi connectivity index (χ2n) is 5.58. The predicted molar refractivity (Wildman–Crippen MR) is 85.0 cm³/mol. The molecule has 0 unspecified atom stereocenters. The molecule has 0 bridgehead atoms. The van der Waals surface area contributed by atoms with Crippen LogP contribution in [0, 0.1) is 0 Å². The van der Waals surface area contributed by atoms with Crippen LogP contribution in [0.1, 0.15) is 21.9 Å². The van der Waals surface area contributed by atoms with Crippen molar-refractivity contribution >= 4 is 28.4 Å². The first-order valence-electron chi connectivity index (χ1n) is 7.20. The maximum atomic E-state index is 12.7. The second-order valence-corrected chi connectivity index (χ2v) is 5.92. The van der Waals surface area contributed by atoms with Gasteiger partial charge in [-0.1, -0.05) is 18.2 Å². The summed E-state index contributed by atoms with van der Waals surface area (Å²) < 4.78 is 1.85. The van der Waals surface area contributed by atoms with Crippen LogP contribution < -0.4 is 0 Å². The van der Waals surface area contributed by atoms with Crippen LogP contribution in [0.5, 0.6) is 0 Å². The van der Waals surface area contributed by atoms with Crippen molar-refractivity contribution in [3.05, 3.63) is 52.7 Å². The maximum absolute atomic E-state index is 12.7. The lowest BCUT2D eigenvalue weighted by Gasteiger charge is -2.26. The fraction of sp³-hybridized carbons (Fsp3) is 0.250. The average Bonchev–Trinajstić information content (AvgIpc) is 3.08. The Kier molecular flexibility index (Phi) is 2.97. The molecular formula is C16H15ClN4O. The Labute approximate surface area is 132 Å². The third-order valence-corrected chi connectivity index (χ3v) is 4.59. The van der Waals surface area contributed by atoms with Crippen molar-refractivity contribution in [3.63, 3.8) is 0 Å². The summed E-state index contributed by atoms with van der Waals surface area (Å²) in [6.07, 6.45) is 0.738. The summed E-state index contributed by atoms with van der Waals surface area (Å²) in [6.45, 7) is 1.20. The molecule has 112 valence electrons. The van der Waals surface area contributed by atoms with Gasteiger partial charge in [-0.15, -0.1) is 0 Å². The van der Waals surface area contributed by atoms with Gasteiger partial charge in [-0.05, 0) is 23.7 Å². The Hall–Kier alpha value is -2.27. The Bertz CT molecular complexity index is 847. The number of carbonyl (C=O) groups is 1. The molecule has 0 aliphatic carbocycles. The van der Waals surface area contributed by atoms with Gasteiger partial charge in [0.1, 0.15) is 5.69 Å². The van der Waals surface area contributed by atoms with E-state index in [1.165, 1.54) is 0 Å². The summed E-state index contributed by atoms with van der Waals surface area (Å²) in [4.78, 5) is 22.1. The van der Waals surface area contributed by atoms with Crippen LogP contribution in [0.2, 0.25) is 5.28 Å². The van der Waals surface area contributed by atoms with E-state index in [0.717, 1.165) is 28.7 Å². The van der Waals surface area contributed by atoms with E-state index >= 15 is 0 Å². The van der Waals surface area contributed by atoms with Crippen LogP contribution in [0.15, 0.2) is 30.3 Å². The van der Waals surface area contributed by atoms with Crippen LogP contribution in [-0.4, -0.2) is 31.9 Å². The fourth-order valence-electron chi connectivity index (χ4n) is 2.99. The number of hydrogen-bond donors (Lipinski definition) is 1. The number of aromatic amines is 1. The molecule has 6 heteroatoms. The van der Waals surface area contributed by atoms with Crippen molar-refractivity contribution in [2.45, 2.75) is 13.0 Å². The molecule has 0 saturated heterocycles. The first-order valence-corrected chi connectivity index (χ1v) is 7.58. The van der Waals surface area contributed by atoms with Gasteiger partial charge in [-0.3, -0.25) is 4.79 Å². The fourth-order valence-corrected chi connectivity index (χ4v) is 3.19. The maximum Gasteiger partial charge on any atom is 0.270 e. The summed E-state index contributed by atoms with van der Waals surface area (Å²) >= 11 is 6.06. The van der Waals surface area contributed by atoms with Crippen LogP contribution in [0.4, 0.5) is 0 Å². The van der Waals surface area contributed by atoms with Gasteiger partial charge in [0.2, 0.25) is 5.28 Å². The van der Waals surface area contributed by atoms with E-state index in [1.807, 2.05) is 46.8 Å². The third-order valence-electron chi connectivity index (χ3n) is 4.25. The molecule has 3 aromatic rings. The van der Waals surface area contributed by atoms with Crippen molar-refractivity contribution in [3.8, 4) is 0 Å². The Balaban J connectivity index is 1.65. The van der Waals surface area contributed by atoms with E-state index < -0.39 is 0 Å². The summed E-state index contributed by atoms with van der Waals surface area (Å²) in [5.74, 6) is 0.0131. The highest BCUT2D eigenvalue weighted by atomic mass is 35.5. The number of fused-ring (bicyclic) bond motifs is 2. The number of halogens is 1. The highest BCUT2D eigenvalue weighted by Crippen LogP contribution is 2.24. The lowest BCUT2D eigenvalue weighted by atomic mass is 10.1. The Morgan fingerprint density at radius 1 is 1.36 bits per heavy atom. The summed E-state index contributed by atoms with van der Waals surface area (Å²) in [7, 11) is 1.88. The minimum Gasteiger partial charge on any atom is -0.351 e. The van der Waals surface area contributed by atoms with Gasteiger partial charge in [0.15, 0.2) is 0 Å². The minimum atomic E-state index is 0.0131. The number of rotatable bonds is 1. The van der Waals surface area contributed by atoms with E-state index in [1.54, 1.807) is 0 Å². The molecular weight excluding hydrogens is 300 g/mol. The van der Waals surface area contributed by atoms with Crippen LogP contribution in [0.3, 0.4) is 0 Å². The molecule has 0 radical (unpaired) electrons. The molecule has 0 fully saturated rings. The molecule has 1 N–H and O–H groups in total. The molecule has 2 aromatic heterocycles.